The van der Waals surface area contributed by atoms with Gasteiger partial charge in [-0.2, -0.15) is 5.26 Å². The number of allylic oxidation sites excluding steroid dienone is 1. The van der Waals surface area contributed by atoms with Crippen LogP contribution in [0.15, 0.2) is 36.4 Å². The Balaban J connectivity index is 0.00000300. The van der Waals surface area contributed by atoms with Crippen LogP contribution in [0.2, 0.25) is 5.02 Å². The number of fused-ring (bicyclic) bond motifs is 1. The zero-order valence-corrected chi connectivity index (χ0v) is 20.1. The molecule has 0 amide bonds. The van der Waals surface area contributed by atoms with Gasteiger partial charge >= 0.3 is 5.97 Å². The second-order valence-corrected chi connectivity index (χ2v) is 8.89. The quantitative estimate of drug-likeness (QED) is 0.311. The van der Waals surface area contributed by atoms with Gasteiger partial charge in [0.2, 0.25) is 7.37 Å². The average Bonchev–Trinajstić information content (AvgIpc) is 3.04. The fourth-order valence-electron chi connectivity index (χ4n) is 3.04. The number of rotatable bonds is 5. The molecule has 9 heteroatoms. The summed E-state index contributed by atoms with van der Waals surface area (Å²) < 4.78 is 19.5. The Labute approximate surface area is 197 Å². The van der Waals surface area contributed by atoms with Gasteiger partial charge in [-0.05, 0) is 46.8 Å². The molecule has 29 heavy (non-hydrogen) atoms. The SMILES string of the molecule is COP(=O)(c1cc(C)cc(/C=C/C#N)c1)c1c(C(=O)O)[nH]c2ccc(Cl)[c-]c12.[Y]. The van der Waals surface area contributed by atoms with Crippen LogP contribution in [-0.4, -0.2) is 23.2 Å². The standard InChI is InChI=1S/C20H15ClN2O4P.Y/c1-12-8-13(4-3-7-22)10-15(9-12)28(26,27-2)19-16-11-14(21)5-6-17(16)23-18(19)20(24)25;/h3-6,8-10,23H,1-2H3,(H,24,25);/q-1;/b4-3+;. The van der Waals surface area contributed by atoms with E-state index in [9.17, 15) is 14.5 Å². The van der Waals surface area contributed by atoms with Crippen molar-refractivity contribution < 1.29 is 51.7 Å². The van der Waals surface area contributed by atoms with Crippen molar-refractivity contribution in [2.75, 3.05) is 7.11 Å². The first-order chi connectivity index (χ1) is 13.3. The third-order valence-corrected chi connectivity index (χ3v) is 6.89. The van der Waals surface area contributed by atoms with Crippen LogP contribution in [-0.2, 0) is 41.8 Å². The minimum Gasteiger partial charge on any atom is -0.477 e. The zero-order chi connectivity index (χ0) is 20.5. The number of carboxylic acids is 1. The molecule has 2 N–H and O–H groups in total. The summed E-state index contributed by atoms with van der Waals surface area (Å²) in [6.07, 6.45) is 2.88. The van der Waals surface area contributed by atoms with Crippen molar-refractivity contribution in [1.82, 2.24) is 4.98 Å². The maximum Gasteiger partial charge on any atom is 0.342 e. The fraction of sp³-hybridized carbons (Fsp3) is 0.100. The van der Waals surface area contributed by atoms with Gasteiger partial charge in [0.1, 0.15) is 0 Å². The molecule has 1 radical (unpaired) electrons. The number of halogens is 1. The normalized spacial score (nSPS) is 13.0. The predicted molar refractivity (Wildman–Crippen MR) is 109 cm³/mol. The summed E-state index contributed by atoms with van der Waals surface area (Å²) in [4.78, 5) is 14.6. The molecule has 0 aliphatic rings. The van der Waals surface area contributed by atoms with Gasteiger partial charge in [0.05, 0.1) is 11.8 Å². The van der Waals surface area contributed by atoms with E-state index in [2.05, 4.69) is 11.1 Å². The van der Waals surface area contributed by atoms with E-state index in [1.54, 1.807) is 30.3 Å². The van der Waals surface area contributed by atoms with E-state index < -0.39 is 13.3 Å². The molecule has 6 nitrogen and oxygen atoms in total. The molecule has 2 aromatic carbocycles. The molecule has 0 aliphatic carbocycles. The number of carbonyl (C=O) groups is 1. The molecule has 145 valence electrons. The zero-order valence-electron chi connectivity index (χ0n) is 15.6. The molecule has 0 bridgehead atoms. The Morgan fingerprint density at radius 1 is 1.38 bits per heavy atom. The molecule has 0 fully saturated rings. The number of hydrogen-bond acceptors (Lipinski definition) is 4. The molecule has 0 saturated carbocycles. The van der Waals surface area contributed by atoms with Gasteiger partial charge < -0.3 is 14.6 Å². The first-order valence-corrected chi connectivity index (χ1v) is 10.1. The number of nitriles is 1. The molecule has 0 spiro atoms. The summed E-state index contributed by atoms with van der Waals surface area (Å²) in [5, 5.41) is 19.3. The second kappa shape index (κ2) is 9.38. The van der Waals surface area contributed by atoms with Gasteiger partial charge in [0.25, 0.3) is 0 Å². The Morgan fingerprint density at radius 2 is 2.10 bits per heavy atom. The second-order valence-electron chi connectivity index (χ2n) is 6.05. The maximum atomic E-state index is 14.0. The van der Waals surface area contributed by atoms with Crippen molar-refractivity contribution in [3.63, 3.8) is 0 Å². The fourth-order valence-corrected chi connectivity index (χ4v) is 5.46. The number of carboxylic acid groups (broad SMARTS) is 1. The Hall–Kier alpha value is -1.74. The van der Waals surface area contributed by atoms with Crippen molar-refractivity contribution in [3.8, 4) is 6.07 Å². The number of aryl methyl sites for hydroxylation is 1. The van der Waals surface area contributed by atoms with E-state index >= 15 is 0 Å². The van der Waals surface area contributed by atoms with Crippen LogP contribution in [0.25, 0.3) is 17.0 Å². The molecule has 3 aromatic rings. The van der Waals surface area contributed by atoms with E-state index in [0.717, 1.165) is 5.56 Å². The topological polar surface area (TPSA) is 103 Å². The summed E-state index contributed by atoms with van der Waals surface area (Å²) in [6, 6.07) is 13.0. The Bertz CT molecular complexity index is 1210. The van der Waals surface area contributed by atoms with Crippen LogP contribution in [0, 0.1) is 24.3 Å². The molecule has 1 heterocycles. The summed E-state index contributed by atoms with van der Waals surface area (Å²) in [7, 11) is -2.55. The summed E-state index contributed by atoms with van der Waals surface area (Å²) in [5.41, 5.74) is 1.62. The minimum atomic E-state index is -3.82. The van der Waals surface area contributed by atoms with Gasteiger partial charge in [-0.25, -0.2) is 4.79 Å². The minimum absolute atomic E-state index is 0. The Morgan fingerprint density at radius 3 is 2.72 bits per heavy atom. The molecular formula is C20H15ClN2O4PY-. The number of hydrogen-bond donors (Lipinski definition) is 2. The van der Waals surface area contributed by atoms with E-state index in [4.69, 9.17) is 21.4 Å². The van der Waals surface area contributed by atoms with Crippen LogP contribution >= 0.6 is 19.0 Å². The third kappa shape index (κ3) is 4.55. The van der Waals surface area contributed by atoms with Crippen molar-refractivity contribution in [2.45, 2.75) is 6.92 Å². The largest absolute Gasteiger partial charge is 0.477 e. The summed E-state index contributed by atoms with van der Waals surface area (Å²) in [6.45, 7) is 1.81. The number of H-pyrrole nitrogens is 1. The van der Waals surface area contributed by atoms with E-state index in [-0.39, 0.29) is 48.7 Å². The van der Waals surface area contributed by atoms with Crippen LogP contribution in [0.1, 0.15) is 21.6 Å². The van der Waals surface area contributed by atoms with E-state index in [1.165, 1.54) is 13.2 Å². The summed E-state index contributed by atoms with van der Waals surface area (Å²) >= 11 is 6.04. The van der Waals surface area contributed by atoms with E-state index in [1.807, 2.05) is 19.1 Å². The van der Waals surface area contributed by atoms with Gasteiger partial charge in [0.15, 0.2) is 0 Å². The number of aromatic amines is 1. The van der Waals surface area contributed by atoms with Crippen molar-refractivity contribution in [2.24, 2.45) is 0 Å². The van der Waals surface area contributed by atoms with Gasteiger partial charge in [-0.1, -0.05) is 6.07 Å². The molecule has 0 aliphatic heterocycles. The van der Waals surface area contributed by atoms with Crippen molar-refractivity contribution >= 4 is 52.5 Å². The smallest absolute Gasteiger partial charge is 0.342 e. The number of nitrogens with zero attached hydrogens (tertiary/aromatic N) is 1. The first-order valence-electron chi connectivity index (χ1n) is 8.11. The van der Waals surface area contributed by atoms with E-state index in [0.29, 0.717) is 21.8 Å². The van der Waals surface area contributed by atoms with Crippen LogP contribution in [0.3, 0.4) is 0 Å². The molecule has 1 atom stereocenters. The van der Waals surface area contributed by atoms with Crippen molar-refractivity contribution in [3.05, 3.63) is 64.3 Å². The number of benzene rings is 2. The average molecular weight is 503 g/mol. The number of aromatic nitrogens is 1. The monoisotopic (exact) mass is 502 g/mol. The van der Waals surface area contributed by atoms with Crippen molar-refractivity contribution in [1.29, 1.82) is 5.26 Å². The summed E-state index contributed by atoms with van der Waals surface area (Å²) in [5.74, 6) is -1.27. The molecule has 1 unspecified atom stereocenters. The third-order valence-electron chi connectivity index (χ3n) is 4.18. The van der Waals surface area contributed by atoms with Gasteiger partial charge in [0, 0.05) is 56.5 Å². The number of aromatic carboxylic acids is 1. The maximum absolute atomic E-state index is 14.0. The molecular weight excluding hydrogens is 488 g/mol. The molecule has 3 rings (SSSR count). The first kappa shape index (κ1) is 23.5. The van der Waals surface area contributed by atoms with Gasteiger partial charge in [-0.15, -0.1) is 35.2 Å². The van der Waals surface area contributed by atoms with Crippen LogP contribution < -0.4 is 10.6 Å². The molecule has 0 saturated heterocycles. The predicted octanol–water partition coefficient (Wildman–Crippen LogP) is 4.04. The van der Waals surface area contributed by atoms with Crippen LogP contribution in [0.4, 0.5) is 0 Å². The molecule has 1 aromatic heterocycles. The van der Waals surface area contributed by atoms with Crippen LogP contribution in [0.5, 0.6) is 0 Å². The van der Waals surface area contributed by atoms with Gasteiger partial charge in [-0.3, -0.25) is 4.57 Å². The Kier molecular flexibility index (Phi) is 7.62. The number of nitrogens with one attached hydrogen (secondary N) is 1.